The summed E-state index contributed by atoms with van der Waals surface area (Å²) in [5.41, 5.74) is 25.8. The number of fused-ring (bicyclic) bond motifs is 2. The molecule has 48 heavy (non-hydrogen) atoms. The molecule has 0 nitrogen and oxygen atoms in total. The maximum atomic E-state index is 2.64. The first-order valence-corrected chi connectivity index (χ1v) is 18.2. The van der Waals surface area contributed by atoms with Crippen LogP contribution in [0, 0.1) is 0 Å². The second-order valence-corrected chi connectivity index (χ2v) is 16.2. The van der Waals surface area contributed by atoms with Crippen LogP contribution in [0.3, 0.4) is 0 Å². The summed E-state index contributed by atoms with van der Waals surface area (Å²) in [6.45, 7) is 0. The summed E-state index contributed by atoms with van der Waals surface area (Å²) in [5.74, 6) is 0.872. The fourth-order valence-electron chi connectivity index (χ4n) is 13.3. The van der Waals surface area contributed by atoms with E-state index in [4.69, 9.17) is 0 Å². The van der Waals surface area contributed by atoms with E-state index in [1.165, 1.54) is 21.9 Å². The molecule has 0 radical (unpaired) electrons. The Balaban J connectivity index is 1.31. The van der Waals surface area contributed by atoms with Crippen LogP contribution >= 0.6 is 0 Å². The summed E-state index contributed by atoms with van der Waals surface area (Å²) < 4.78 is 0. The van der Waals surface area contributed by atoms with Gasteiger partial charge in [-0.25, -0.2) is 0 Å². The van der Waals surface area contributed by atoms with Gasteiger partial charge in [0.2, 0.25) is 0 Å². The van der Waals surface area contributed by atoms with E-state index >= 15 is 0 Å². The average Bonchev–Trinajstić information content (AvgIpc) is 3.59. The Morgan fingerprint density at radius 3 is 1.42 bits per heavy atom. The van der Waals surface area contributed by atoms with Crippen LogP contribution < -0.4 is 0 Å². The maximum absolute atomic E-state index is 2.64. The Morgan fingerprint density at radius 2 is 0.938 bits per heavy atom. The van der Waals surface area contributed by atoms with Crippen LogP contribution in [0.1, 0.15) is 89.7 Å². The van der Waals surface area contributed by atoms with Crippen molar-refractivity contribution in [1.82, 2.24) is 0 Å². The summed E-state index contributed by atoms with van der Waals surface area (Å²) in [6.07, 6.45) is 16.5. The van der Waals surface area contributed by atoms with Crippen molar-refractivity contribution < 1.29 is 0 Å². The summed E-state index contributed by atoms with van der Waals surface area (Å²) in [7, 11) is 0. The molecular formula is C48H32. The Kier molecular flexibility index (Phi) is 3.80. The van der Waals surface area contributed by atoms with Crippen LogP contribution in [-0.4, -0.2) is 0 Å². The topological polar surface area (TPSA) is 0 Å². The SMILES string of the molecule is C1=Cc2ccc3cc4c5c6c3c2[C@]23Cc7ccccc7C[C@H]2c2c(cc7ccc(c8c7c2C(=C63)[C@]82Cc3ccccc3C[C@@H]52)C=CC4)C1. The van der Waals surface area contributed by atoms with Crippen molar-refractivity contribution in [2.45, 2.75) is 61.2 Å². The Morgan fingerprint density at radius 1 is 0.479 bits per heavy atom. The summed E-state index contributed by atoms with van der Waals surface area (Å²) >= 11 is 0. The molecule has 0 aliphatic heterocycles. The Bertz CT molecular complexity index is 2560. The first-order chi connectivity index (χ1) is 23.8. The summed E-state index contributed by atoms with van der Waals surface area (Å²) in [6, 6.07) is 34.2. The third kappa shape index (κ3) is 2.31. The van der Waals surface area contributed by atoms with Crippen molar-refractivity contribution in [3.05, 3.63) is 175 Å². The molecule has 6 aromatic carbocycles. The lowest BCUT2D eigenvalue weighted by Gasteiger charge is -2.56. The van der Waals surface area contributed by atoms with Crippen molar-refractivity contribution in [3.8, 4) is 0 Å². The molecule has 4 bridgehead atoms. The van der Waals surface area contributed by atoms with Crippen LogP contribution in [0.2, 0.25) is 0 Å². The van der Waals surface area contributed by atoms with Crippen LogP contribution in [-0.2, 0) is 49.4 Å². The minimum atomic E-state index is -0.0586. The Hall–Kier alpha value is -4.94. The second-order valence-electron chi connectivity index (χ2n) is 16.2. The molecule has 8 aliphatic carbocycles. The first kappa shape index (κ1) is 24.2. The number of allylic oxidation sites excluding steroid dienone is 4. The minimum Gasteiger partial charge on any atom is -0.0795 e. The quantitative estimate of drug-likeness (QED) is 0.161. The molecule has 0 saturated heterocycles. The molecule has 0 saturated carbocycles. The van der Waals surface area contributed by atoms with Gasteiger partial charge >= 0.3 is 0 Å². The first-order valence-electron chi connectivity index (χ1n) is 18.2. The second kappa shape index (κ2) is 7.53. The van der Waals surface area contributed by atoms with Crippen molar-refractivity contribution in [1.29, 1.82) is 0 Å². The molecule has 8 aliphatic rings. The minimum absolute atomic E-state index is 0.0586. The molecule has 4 atom stereocenters. The lowest BCUT2D eigenvalue weighted by molar-refractivity contribution is 0.379. The highest BCUT2D eigenvalue weighted by molar-refractivity contribution is 6.24. The molecule has 0 fully saturated rings. The maximum Gasteiger partial charge on any atom is 0.0337 e. The van der Waals surface area contributed by atoms with Crippen LogP contribution in [0.4, 0.5) is 0 Å². The van der Waals surface area contributed by atoms with E-state index in [2.05, 4.69) is 109 Å². The highest BCUT2D eigenvalue weighted by atomic mass is 14.7. The zero-order valence-corrected chi connectivity index (χ0v) is 26.8. The number of hydrogen-bond acceptors (Lipinski definition) is 0. The standard InChI is InChI=1S/C48H32/c1-3-9-33-23-47-35(21-27(33)7-1)37-29-13-5-11-25-15-17-32-20-30-14-6-12-26-16-18-31(19-29)39-41(37)46-45(47)42(40(32)43(25)47)38(30)36-22-28-8-2-4-10-34(28)24-48(36,46)44(26)39/h1-12,15-20,35-36H,13-14,21-24H2/t35-,36-,47-,48-/m0/s1. The molecule has 0 N–H and O–H groups in total. The lowest BCUT2D eigenvalue weighted by atomic mass is 9.46. The van der Waals surface area contributed by atoms with Crippen molar-refractivity contribution in [3.63, 3.8) is 0 Å². The summed E-state index contributed by atoms with van der Waals surface area (Å²) in [4.78, 5) is 0. The number of benzene rings is 6. The van der Waals surface area contributed by atoms with Gasteiger partial charge in [0, 0.05) is 22.7 Å². The molecule has 0 aromatic heterocycles. The van der Waals surface area contributed by atoms with Gasteiger partial charge in [-0.3, -0.25) is 0 Å². The van der Waals surface area contributed by atoms with Gasteiger partial charge in [0.05, 0.1) is 0 Å². The molecule has 2 spiro atoms. The fourth-order valence-corrected chi connectivity index (χ4v) is 13.3. The molecule has 6 aromatic rings. The number of hydrogen-bond donors (Lipinski definition) is 0. The molecule has 0 heterocycles. The monoisotopic (exact) mass is 608 g/mol. The molecule has 0 amide bonds. The highest BCUT2D eigenvalue weighted by Gasteiger charge is 2.67. The largest absolute Gasteiger partial charge is 0.0795 e. The zero-order chi connectivity index (χ0) is 30.7. The van der Waals surface area contributed by atoms with Crippen LogP contribution in [0.25, 0.3) is 44.8 Å². The van der Waals surface area contributed by atoms with Crippen LogP contribution in [0.5, 0.6) is 0 Å². The van der Waals surface area contributed by atoms with Gasteiger partial charge < -0.3 is 0 Å². The zero-order valence-electron chi connectivity index (χ0n) is 26.8. The van der Waals surface area contributed by atoms with Crippen molar-refractivity contribution in [2.24, 2.45) is 0 Å². The van der Waals surface area contributed by atoms with E-state index in [1.807, 2.05) is 0 Å². The van der Waals surface area contributed by atoms with Crippen molar-refractivity contribution >= 4 is 44.8 Å². The predicted octanol–water partition coefficient (Wildman–Crippen LogP) is 10.3. The van der Waals surface area contributed by atoms with Gasteiger partial charge in [0.25, 0.3) is 0 Å². The third-order valence-corrected chi connectivity index (χ3v) is 14.6. The molecule has 0 heteroatoms. The molecule has 0 unspecified atom stereocenters. The molecule has 14 rings (SSSR count). The van der Waals surface area contributed by atoms with Crippen LogP contribution in [0.15, 0.2) is 97.1 Å². The van der Waals surface area contributed by atoms with E-state index in [-0.39, 0.29) is 10.8 Å². The average molecular weight is 609 g/mol. The normalized spacial score (nSPS) is 27.4. The van der Waals surface area contributed by atoms with Crippen molar-refractivity contribution in [2.75, 3.05) is 0 Å². The van der Waals surface area contributed by atoms with Gasteiger partial charge in [0.1, 0.15) is 0 Å². The van der Waals surface area contributed by atoms with Gasteiger partial charge in [-0.2, -0.15) is 0 Å². The number of rotatable bonds is 0. The molecule has 224 valence electrons. The third-order valence-electron chi connectivity index (χ3n) is 14.6. The smallest absolute Gasteiger partial charge is 0.0337 e. The van der Waals surface area contributed by atoms with E-state index in [9.17, 15) is 0 Å². The fraction of sp³-hybridized carbons (Fsp3) is 0.208. The van der Waals surface area contributed by atoms with E-state index in [1.54, 1.807) is 88.7 Å². The van der Waals surface area contributed by atoms with E-state index in [0.29, 0.717) is 11.8 Å². The van der Waals surface area contributed by atoms with Gasteiger partial charge in [-0.05, 0) is 149 Å². The lowest BCUT2D eigenvalue weighted by Crippen LogP contribution is -2.49. The Labute approximate surface area is 280 Å². The van der Waals surface area contributed by atoms with E-state index < -0.39 is 0 Å². The molecular weight excluding hydrogens is 577 g/mol. The summed E-state index contributed by atoms with van der Waals surface area (Å²) in [5, 5.41) is 6.12. The van der Waals surface area contributed by atoms with E-state index in [0.717, 1.165) is 38.5 Å². The van der Waals surface area contributed by atoms with Gasteiger partial charge in [0.15, 0.2) is 0 Å². The predicted molar refractivity (Wildman–Crippen MR) is 197 cm³/mol. The highest BCUT2D eigenvalue weighted by Crippen LogP contribution is 2.78. The van der Waals surface area contributed by atoms with Gasteiger partial charge in [-0.15, -0.1) is 0 Å². The van der Waals surface area contributed by atoms with Gasteiger partial charge in [-0.1, -0.05) is 109 Å².